The van der Waals surface area contributed by atoms with E-state index in [4.69, 9.17) is 9.47 Å². The van der Waals surface area contributed by atoms with Crippen molar-refractivity contribution in [1.29, 1.82) is 0 Å². The van der Waals surface area contributed by atoms with Crippen LogP contribution in [-0.2, 0) is 13.0 Å². The maximum absolute atomic E-state index is 13.8. The average molecular weight is 433 g/mol. The lowest BCUT2D eigenvalue weighted by Crippen LogP contribution is -2.41. The number of methoxy groups -OCH3 is 1. The van der Waals surface area contributed by atoms with Gasteiger partial charge in [0, 0.05) is 31.7 Å². The summed E-state index contributed by atoms with van der Waals surface area (Å²) >= 11 is 0. The maximum atomic E-state index is 13.8. The van der Waals surface area contributed by atoms with Crippen molar-refractivity contribution in [3.8, 4) is 11.5 Å². The Bertz CT molecular complexity index is 812. The van der Waals surface area contributed by atoms with E-state index < -0.39 is 6.10 Å². The van der Waals surface area contributed by atoms with Gasteiger partial charge in [-0.3, -0.25) is 0 Å². The molecule has 1 saturated heterocycles. The van der Waals surface area contributed by atoms with Crippen LogP contribution in [0.25, 0.3) is 0 Å². The number of piperidine rings is 1. The molecule has 2 aromatic carbocycles. The van der Waals surface area contributed by atoms with Crippen molar-refractivity contribution in [3.05, 3.63) is 59.4 Å². The second-order valence-corrected chi connectivity index (χ2v) is 7.99. The first-order valence-corrected chi connectivity index (χ1v) is 10.9. The SMILES string of the molecule is COc1ccc(OCC(O)CN2CCC(O)CC2)c(CNCCc2ccccc2F)c1. The molecule has 0 amide bonds. The minimum atomic E-state index is -0.612. The monoisotopic (exact) mass is 432 g/mol. The van der Waals surface area contributed by atoms with Gasteiger partial charge in [-0.25, -0.2) is 4.39 Å². The van der Waals surface area contributed by atoms with E-state index in [9.17, 15) is 14.6 Å². The number of ether oxygens (including phenoxy) is 2. The summed E-state index contributed by atoms with van der Waals surface area (Å²) in [5.41, 5.74) is 1.60. The topological polar surface area (TPSA) is 74.2 Å². The van der Waals surface area contributed by atoms with Crippen LogP contribution in [0.4, 0.5) is 4.39 Å². The van der Waals surface area contributed by atoms with Crippen molar-refractivity contribution in [3.63, 3.8) is 0 Å². The molecule has 6 nitrogen and oxygen atoms in total. The summed E-state index contributed by atoms with van der Waals surface area (Å²) in [5.74, 6) is 1.23. The zero-order valence-corrected chi connectivity index (χ0v) is 18.1. The fraction of sp³-hybridized carbons (Fsp3) is 0.500. The summed E-state index contributed by atoms with van der Waals surface area (Å²) in [5, 5.41) is 23.3. The predicted octanol–water partition coefficient (Wildman–Crippen LogP) is 2.36. The van der Waals surface area contributed by atoms with Crippen LogP contribution in [0, 0.1) is 5.82 Å². The predicted molar refractivity (Wildman–Crippen MR) is 118 cm³/mol. The smallest absolute Gasteiger partial charge is 0.126 e. The lowest BCUT2D eigenvalue weighted by Gasteiger charge is -2.31. The Morgan fingerprint density at radius 2 is 1.94 bits per heavy atom. The molecule has 1 aliphatic heterocycles. The number of rotatable bonds is 11. The summed E-state index contributed by atoms with van der Waals surface area (Å²) in [7, 11) is 1.62. The molecular weight excluding hydrogens is 399 g/mol. The molecule has 0 spiro atoms. The van der Waals surface area contributed by atoms with Crippen molar-refractivity contribution in [2.75, 3.05) is 39.9 Å². The highest BCUT2D eigenvalue weighted by Crippen LogP contribution is 2.24. The molecule has 0 radical (unpaired) electrons. The third kappa shape index (κ3) is 7.47. The van der Waals surface area contributed by atoms with Gasteiger partial charge in [0.15, 0.2) is 0 Å². The number of nitrogens with one attached hydrogen (secondary N) is 1. The Morgan fingerprint density at radius 3 is 2.68 bits per heavy atom. The highest BCUT2D eigenvalue weighted by molar-refractivity contribution is 5.40. The Labute approximate surface area is 183 Å². The van der Waals surface area contributed by atoms with E-state index in [2.05, 4.69) is 10.2 Å². The Balaban J connectivity index is 1.49. The van der Waals surface area contributed by atoms with Crippen LogP contribution in [0.15, 0.2) is 42.5 Å². The van der Waals surface area contributed by atoms with Crippen LogP contribution in [-0.4, -0.2) is 67.2 Å². The summed E-state index contributed by atoms with van der Waals surface area (Å²) in [6, 6.07) is 12.4. The van der Waals surface area contributed by atoms with Gasteiger partial charge in [0.1, 0.15) is 30.0 Å². The second-order valence-electron chi connectivity index (χ2n) is 7.99. The molecule has 1 unspecified atom stereocenters. The lowest BCUT2D eigenvalue weighted by molar-refractivity contribution is 0.0336. The summed E-state index contributed by atoms with van der Waals surface area (Å²) in [6.45, 7) is 3.46. The normalized spacial score (nSPS) is 16.3. The molecule has 170 valence electrons. The first-order chi connectivity index (χ1) is 15.0. The Hall–Kier alpha value is -2.19. The van der Waals surface area contributed by atoms with Crippen LogP contribution in [0.1, 0.15) is 24.0 Å². The highest BCUT2D eigenvalue weighted by atomic mass is 19.1. The van der Waals surface area contributed by atoms with Gasteiger partial charge in [-0.05, 0) is 55.6 Å². The van der Waals surface area contributed by atoms with Gasteiger partial charge in [0.2, 0.25) is 0 Å². The lowest BCUT2D eigenvalue weighted by atomic mass is 10.1. The van der Waals surface area contributed by atoms with E-state index in [1.54, 1.807) is 19.2 Å². The fourth-order valence-electron chi connectivity index (χ4n) is 3.75. The first-order valence-electron chi connectivity index (χ1n) is 10.9. The number of hydrogen-bond acceptors (Lipinski definition) is 6. The number of β-amino-alcohol motifs (C(OH)–C–C–N with tert-alkyl or cyclic N) is 1. The van der Waals surface area contributed by atoms with Crippen LogP contribution in [0.5, 0.6) is 11.5 Å². The van der Waals surface area contributed by atoms with Crippen LogP contribution >= 0.6 is 0 Å². The molecular formula is C24H33FN2O4. The first kappa shape index (κ1) is 23.5. The van der Waals surface area contributed by atoms with Gasteiger partial charge in [-0.15, -0.1) is 0 Å². The number of nitrogens with zero attached hydrogens (tertiary/aromatic N) is 1. The molecule has 1 atom stereocenters. The van der Waals surface area contributed by atoms with Crippen molar-refractivity contribution < 1.29 is 24.1 Å². The molecule has 3 rings (SSSR count). The molecule has 0 aliphatic carbocycles. The fourth-order valence-corrected chi connectivity index (χ4v) is 3.75. The molecule has 2 aromatic rings. The molecule has 31 heavy (non-hydrogen) atoms. The van der Waals surface area contributed by atoms with E-state index in [1.807, 2.05) is 24.3 Å². The van der Waals surface area contributed by atoms with E-state index in [-0.39, 0.29) is 18.5 Å². The molecule has 0 aromatic heterocycles. The number of likely N-dealkylation sites (tertiary alicyclic amines) is 1. The zero-order valence-electron chi connectivity index (χ0n) is 18.1. The Morgan fingerprint density at radius 1 is 1.16 bits per heavy atom. The van der Waals surface area contributed by atoms with E-state index >= 15 is 0 Å². The van der Waals surface area contributed by atoms with Gasteiger partial charge < -0.3 is 29.9 Å². The molecule has 1 heterocycles. The summed E-state index contributed by atoms with van der Waals surface area (Å²) < 4.78 is 25.0. The summed E-state index contributed by atoms with van der Waals surface area (Å²) in [4.78, 5) is 2.15. The van der Waals surface area contributed by atoms with Gasteiger partial charge >= 0.3 is 0 Å². The molecule has 1 aliphatic rings. The largest absolute Gasteiger partial charge is 0.497 e. The van der Waals surface area contributed by atoms with Crippen molar-refractivity contribution in [2.45, 2.75) is 38.0 Å². The molecule has 1 fully saturated rings. The molecule has 3 N–H and O–H groups in total. The molecule has 0 bridgehead atoms. The van der Waals surface area contributed by atoms with Crippen molar-refractivity contribution in [2.24, 2.45) is 0 Å². The van der Waals surface area contributed by atoms with Crippen LogP contribution < -0.4 is 14.8 Å². The molecule has 0 saturated carbocycles. The van der Waals surface area contributed by atoms with E-state index in [0.29, 0.717) is 37.4 Å². The zero-order chi connectivity index (χ0) is 22.1. The third-order valence-corrected chi connectivity index (χ3v) is 5.57. The van der Waals surface area contributed by atoms with Crippen LogP contribution in [0.3, 0.4) is 0 Å². The van der Waals surface area contributed by atoms with Gasteiger partial charge in [-0.2, -0.15) is 0 Å². The van der Waals surface area contributed by atoms with Gasteiger partial charge in [0.05, 0.1) is 13.2 Å². The van der Waals surface area contributed by atoms with E-state index in [1.165, 1.54) is 6.07 Å². The van der Waals surface area contributed by atoms with Crippen molar-refractivity contribution >= 4 is 0 Å². The van der Waals surface area contributed by atoms with Gasteiger partial charge in [0.25, 0.3) is 0 Å². The second kappa shape index (κ2) is 12.0. The molecule has 7 heteroatoms. The number of aliphatic hydroxyl groups excluding tert-OH is 2. The summed E-state index contributed by atoms with van der Waals surface area (Å²) in [6.07, 6.45) is 1.25. The highest BCUT2D eigenvalue weighted by Gasteiger charge is 2.20. The Kier molecular flexibility index (Phi) is 9.09. The minimum absolute atomic E-state index is 0.188. The standard InChI is InChI=1S/C24H33FN2O4/c1-30-22-6-7-24(31-17-21(29)16-27-12-9-20(28)10-13-27)19(14-22)15-26-11-8-18-4-2-3-5-23(18)25/h2-7,14,20-21,26,28-29H,8-13,15-17H2,1H3. The van der Waals surface area contributed by atoms with Gasteiger partial charge in [-0.1, -0.05) is 18.2 Å². The maximum Gasteiger partial charge on any atom is 0.126 e. The van der Waals surface area contributed by atoms with Crippen molar-refractivity contribution in [1.82, 2.24) is 10.2 Å². The number of benzene rings is 2. The number of hydrogen-bond donors (Lipinski definition) is 3. The number of aliphatic hydroxyl groups is 2. The number of halogens is 1. The van der Waals surface area contributed by atoms with E-state index in [0.717, 1.165) is 37.2 Å². The quantitative estimate of drug-likeness (QED) is 0.474. The minimum Gasteiger partial charge on any atom is -0.497 e. The third-order valence-electron chi connectivity index (χ3n) is 5.57. The van der Waals surface area contributed by atoms with Crippen LogP contribution in [0.2, 0.25) is 0 Å². The average Bonchev–Trinajstić information content (AvgIpc) is 2.78.